The minimum absolute atomic E-state index is 0. The molecule has 0 unspecified atom stereocenters. The molecule has 0 atom stereocenters. The second-order valence-corrected chi connectivity index (χ2v) is 7.51. The Morgan fingerprint density at radius 3 is 2.23 bits per heavy atom. The summed E-state index contributed by atoms with van der Waals surface area (Å²) in [6.45, 7) is 8.91. The first kappa shape index (κ1) is 25.2. The Kier molecular flexibility index (Phi) is 11.4. The van der Waals surface area contributed by atoms with Gasteiger partial charge in [-0.15, -0.1) is 24.0 Å². The Labute approximate surface area is 174 Å². The normalized spacial score (nSPS) is 17.3. The average Bonchev–Trinajstić information content (AvgIpc) is 2.53. The van der Waals surface area contributed by atoms with E-state index >= 15 is 0 Å². The fourth-order valence-corrected chi connectivity index (χ4v) is 2.66. The summed E-state index contributed by atoms with van der Waals surface area (Å²) >= 11 is 0. The maximum absolute atomic E-state index is 11.6. The molecule has 0 spiro atoms. The van der Waals surface area contributed by atoms with Crippen molar-refractivity contribution < 1.29 is 14.3 Å². The van der Waals surface area contributed by atoms with Crippen molar-refractivity contribution >= 4 is 36.0 Å². The number of halogens is 1. The standard InChI is InChI=1S/C17H35N5O3.HI/c1-16(2,3)25-15(23)20-10-9-19-14(18-4)21-13-17(22(5)6)7-11-24-12-8-17;/h7-13H2,1-6H3,(H,20,23)(H2,18,19,21);1H. The molecule has 1 aliphatic rings. The maximum atomic E-state index is 11.6. The lowest BCUT2D eigenvalue weighted by Crippen LogP contribution is -2.57. The number of nitrogens with one attached hydrogen (secondary N) is 3. The first-order valence-electron chi connectivity index (χ1n) is 8.85. The summed E-state index contributed by atoms with van der Waals surface area (Å²) < 4.78 is 10.7. The molecule has 0 aromatic rings. The van der Waals surface area contributed by atoms with Gasteiger partial charge in [-0.3, -0.25) is 4.99 Å². The molecule has 154 valence electrons. The number of ether oxygens (including phenoxy) is 2. The van der Waals surface area contributed by atoms with Crippen molar-refractivity contribution in [1.82, 2.24) is 20.9 Å². The SMILES string of the molecule is CN=C(NCCNC(=O)OC(C)(C)C)NCC1(N(C)C)CCOCC1.I. The van der Waals surface area contributed by atoms with Gasteiger partial charge in [0.2, 0.25) is 0 Å². The Balaban J connectivity index is 0.00000625. The molecular weight excluding hydrogens is 449 g/mol. The van der Waals surface area contributed by atoms with Crippen molar-refractivity contribution in [1.29, 1.82) is 0 Å². The molecule has 3 N–H and O–H groups in total. The van der Waals surface area contributed by atoms with Crippen LogP contribution in [0.4, 0.5) is 4.79 Å². The Morgan fingerprint density at radius 2 is 1.73 bits per heavy atom. The van der Waals surface area contributed by atoms with Crippen molar-refractivity contribution in [3.8, 4) is 0 Å². The smallest absolute Gasteiger partial charge is 0.407 e. The highest BCUT2D eigenvalue weighted by atomic mass is 127. The van der Waals surface area contributed by atoms with Crippen LogP contribution in [-0.2, 0) is 9.47 Å². The number of amides is 1. The molecule has 1 saturated heterocycles. The highest BCUT2D eigenvalue weighted by Gasteiger charge is 2.34. The summed E-state index contributed by atoms with van der Waals surface area (Å²) in [4.78, 5) is 18.1. The average molecular weight is 485 g/mol. The maximum Gasteiger partial charge on any atom is 0.407 e. The van der Waals surface area contributed by atoms with E-state index in [9.17, 15) is 4.79 Å². The van der Waals surface area contributed by atoms with Gasteiger partial charge < -0.3 is 30.3 Å². The highest BCUT2D eigenvalue weighted by molar-refractivity contribution is 14.0. The predicted octanol–water partition coefficient (Wildman–Crippen LogP) is 1.40. The number of hydrogen-bond acceptors (Lipinski definition) is 5. The van der Waals surface area contributed by atoms with Crippen LogP contribution in [0.5, 0.6) is 0 Å². The quantitative estimate of drug-likeness (QED) is 0.228. The number of carbonyl (C=O) groups is 1. The third kappa shape index (κ3) is 9.22. The lowest BCUT2D eigenvalue weighted by Gasteiger charge is -2.43. The van der Waals surface area contributed by atoms with E-state index in [0.717, 1.165) is 38.6 Å². The lowest BCUT2D eigenvalue weighted by molar-refractivity contribution is -0.00500. The molecule has 9 heteroatoms. The number of guanidine groups is 1. The van der Waals surface area contributed by atoms with Crippen molar-refractivity contribution in [3.63, 3.8) is 0 Å². The van der Waals surface area contributed by atoms with Crippen LogP contribution < -0.4 is 16.0 Å². The molecule has 26 heavy (non-hydrogen) atoms. The number of rotatable bonds is 6. The predicted molar refractivity (Wildman–Crippen MR) is 115 cm³/mol. The molecule has 0 bridgehead atoms. The van der Waals surface area contributed by atoms with Crippen LogP contribution in [0.1, 0.15) is 33.6 Å². The van der Waals surface area contributed by atoms with Gasteiger partial charge in [0.25, 0.3) is 0 Å². The zero-order valence-corrected chi connectivity index (χ0v) is 19.3. The topological polar surface area (TPSA) is 87.2 Å². The Bertz CT molecular complexity index is 446. The van der Waals surface area contributed by atoms with Crippen LogP contribution in [0, 0.1) is 0 Å². The van der Waals surface area contributed by atoms with Gasteiger partial charge in [-0.1, -0.05) is 0 Å². The molecular formula is C17H36IN5O3. The fraction of sp³-hybridized carbons (Fsp3) is 0.882. The number of hydrogen-bond donors (Lipinski definition) is 3. The molecule has 8 nitrogen and oxygen atoms in total. The molecule has 1 rings (SSSR count). The summed E-state index contributed by atoms with van der Waals surface area (Å²) in [5, 5.41) is 9.31. The van der Waals surface area contributed by atoms with Gasteiger partial charge in [0.1, 0.15) is 5.60 Å². The molecule has 1 fully saturated rings. The Morgan fingerprint density at radius 1 is 1.15 bits per heavy atom. The zero-order chi connectivity index (χ0) is 18.9. The van der Waals surface area contributed by atoms with Crippen molar-refractivity contribution in [2.24, 2.45) is 4.99 Å². The van der Waals surface area contributed by atoms with Crippen LogP contribution in [0.15, 0.2) is 4.99 Å². The first-order chi connectivity index (χ1) is 11.7. The van der Waals surface area contributed by atoms with Gasteiger partial charge in [0.15, 0.2) is 5.96 Å². The highest BCUT2D eigenvalue weighted by Crippen LogP contribution is 2.24. The van der Waals surface area contributed by atoms with Crippen molar-refractivity contribution in [2.45, 2.75) is 44.8 Å². The van der Waals surface area contributed by atoms with Gasteiger partial charge >= 0.3 is 6.09 Å². The molecule has 0 aromatic heterocycles. The van der Waals surface area contributed by atoms with E-state index in [0.29, 0.717) is 13.1 Å². The van der Waals surface area contributed by atoms with Gasteiger partial charge in [0, 0.05) is 45.4 Å². The Hall–Kier alpha value is -0.810. The van der Waals surface area contributed by atoms with Crippen LogP contribution in [0.2, 0.25) is 0 Å². The number of aliphatic imine (C=N–C) groups is 1. The van der Waals surface area contributed by atoms with E-state index < -0.39 is 11.7 Å². The summed E-state index contributed by atoms with van der Waals surface area (Å²) in [6, 6.07) is 0. The molecule has 1 amide bonds. The van der Waals surface area contributed by atoms with Crippen LogP contribution >= 0.6 is 24.0 Å². The number of likely N-dealkylation sites (N-methyl/N-ethyl adjacent to an activating group) is 1. The van der Waals surface area contributed by atoms with Gasteiger partial charge in [0.05, 0.1) is 0 Å². The van der Waals surface area contributed by atoms with E-state index in [1.165, 1.54) is 0 Å². The van der Waals surface area contributed by atoms with Gasteiger partial charge in [-0.25, -0.2) is 4.79 Å². The van der Waals surface area contributed by atoms with Gasteiger partial charge in [-0.2, -0.15) is 0 Å². The second kappa shape index (κ2) is 11.8. The summed E-state index contributed by atoms with van der Waals surface area (Å²) in [5.41, 5.74) is -0.413. The van der Waals surface area contributed by atoms with Crippen LogP contribution in [0.3, 0.4) is 0 Å². The largest absolute Gasteiger partial charge is 0.444 e. The van der Waals surface area contributed by atoms with Crippen molar-refractivity contribution in [3.05, 3.63) is 0 Å². The van der Waals surface area contributed by atoms with E-state index in [1.54, 1.807) is 7.05 Å². The monoisotopic (exact) mass is 485 g/mol. The summed E-state index contributed by atoms with van der Waals surface area (Å²) in [7, 11) is 5.95. The molecule has 1 aliphatic heterocycles. The van der Waals surface area contributed by atoms with E-state index in [-0.39, 0.29) is 29.5 Å². The minimum Gasteiger partial charge on any atom is -0.444 e. The number of carbonyl (C=O) groups excluding carboxylic acids is 1. The van der Waals surface area contributed by atoms with E-state index in [1.807, 2.05) is 20.8 Å². The summed E-state index contributed by atoms with van der Waals surface area (Å²) in [6.07, 6.45) is 1.57. The van der Waals surface area contributed by atoms with Crippen LogP contribution in [-0.4, -0.2) is 82.1 Å². The molecule has 1 heterocycles. The third-order valence-electron chi connectivity index (χ3n) is 4.27. The third-order valence-corrected chi connectivity index (χ3v) is 4.27. The molecule has 0 aliphatic carbocycles. The number of nitrogens with zero attached hydrogens (tertiary/aromatic N) is 2. The minimum atomic E-state index is -0.487. The lowest BCUT2D eigenvalue weighted by atomic mass is 9.88. The summed E-state index contributed by atoms with van der Waals surface area (Å²) in [5.74, 6) is 0.721. The molecule has 0 radical (unpaired) electrons. The fourth-order valence-electron chi connectivity index (χ4n) is 2.66. The van der Waals surface area contributed by atoms with Crippen molar-refractivity contribution in [2.75, 3.05) is 54.0 Å². The van der Waals surface area contributed by atoms with Gasteiger partial charge in [-0.05, 0) is 47.7 Å². The molecule has 0 saturated carbocycles. The first-order valence-corrected chi connectivity index (χ1v) is 8.85. The molecule has 0 aromatic carbocycles. The van der Waals surface area contributed by atoms with E-state index in [4.69, 9.17) is 9.47 Å². The number of alkyl carbamates (subject to hydrolysis) is 1. The van der Waals surface area contributed by atoms with E-state index in [2.05, 4.69) is 39.9 Å². The van der Waals surface area contributed by atoms with Crippen LogP contribution in [0.25, 0.3) is 0 Å². The second-order valence-electron chi connectivity index (χ2n) is 7.51. The zero-order valence-electron chi connectivity index (χ0n) is 17.0.